The summed E-state index contributed by atoms with van der Waals surface area (Å²) in [4.78, 5) is 12.3. The van der Waals surface area contributed by atoms with Crippen LogP contribution in [0.1, 0.15) is 44.0 Å². The lowest BCUT2D eigenvalue weighted by Crippen LogP contribution is -2.29. The van der Waals surface area contributed by atoms with Crippen LogP contribution < -0.4 is 15.2 Å². The quantitative estimate of drug-likeness (QED) is 0.813. The van der Waals surface area contributed by atoms with E-state index in [-0.39, 0.29) is 17.2 Å². The van der Waals surface area contributed by atoms with Crippen molar-refractivity contribution in [1.82, 2.24) is 0 Å². The van der Waals surface area contributed by atoms with E-state index in [9.17, 15) is 4.79 Å². The highest BCUT2D eigenvalue weighted by molar-refractivity contribution is 5.97. The molecule has 4 nitrogen and oxygen atoms in total. The molecule has 0 fully saturated rings. The van der Waals surface area contributed by atoms with Gasteiger partial charge in [0, 0.05) is 24.1 Å². The average Bonchev–Trinajstić information content (AvgIpc) is 2.35. The summed E-state index contributed by atoms with van der Waals surface area (Å²) in [5.74, 6) is 1.23. The molecule has 20 heavy (non-hydrogen) atoms. The van der Waals surface area contributed by atoms with Gasteiger partial charge in [0.15, 0.2) is 5.78 Å². The minimum atomic E-state index is -0.139. The molecule has 0 aromatic heterocycles. The maximum atomic E-state index is 12.3. The van der Waals surface area contributed by atoms with Crippen molar-refractivity contribution in [2.24, 2.45) is 11.1 Å². The Morgan fingerprint density at radius 1 is 1.15 bits per heavy atom. The Balaban J connectivity index is 2.81. The zero-order valence-electron chi connectivity index (χ0n) is 13.0. The normalized spacial score (nSPS) is 12.9. The molecule has 0 aliphatic heterocycles. The lowest BCUT2D eigenvalue weighted by atomic mass is 9.86. The third-order valence-corrected chi connectivity index (χ3v) is 3.00. The number of hydrogen-bond donors (Lipinski definition) is 1. The number of carbonyl (C=O) groups is 1. The first-order valence-electron chi connectivity index (χ1n) is 6.77. The van der Waals surface area contributed by atoms with Crippen molar-refractivity contribution >= 4 is 5.78 Å². The summed E-state index contributed by atoms with van der Waals surface area (Å²) in [7, 11) is 3.13. The van der Waals surface area contributed by atoms with Crippen LogP contribution >= 0.6 is 0 Å². The van der Waals surface area contributed by atoms with Crippen molar-refractivity contribution in [3.05, 3.63) is 23.8 Å². The van der Waals surface area contributed by atoms with Gasteiger partial charge in [0.1, 0.15) is 11.5 Å². The van der Waals surface area contributed by atoms with Crippen LogP contribution in [0.2, 0.25) is 0 Å². The Bertz CT molecular complexity index is 441. The molecule has 0 bridgehead atoms. The molecule has 1 aromatic rings. The molecule has 1 rings (SSSR count). The average molecular weight is 279 g/mol. The van der Waals surface area contributed by atoms with E-state index in [1.807, 2.05) is 0 Å². The molecular weight excluding hydrogens is 254 g/mol. The molecule has 0 aliphatic rings. The van der Waals surface area contributed by atoms with Crippen LogP contribution in [0.15, 0.2) is 18.2 Å². The molecule has 0 spiro atoms. The van der Waals surface area contributed by atoms with Gasteiger partial charge in [0.25, 0.3) is 0 Å². The first-order valence-corrected chi connectivity index (χ1v) is 6.77. The lowest BCUT2D eigenvalue weighted by molar-refractivity contribution is 0.0967. The zero-order chi connectivity index (χ0) is 15.3. The third-order valence-electron chi connectivity index (χ3n) is 3.00. The van der Waals surface area contributed by atoms with Crippen LogP contribution in [0.25, 0.3) is 0 Å². The summed E-state index contributed by atoms with van der Waals surface area (Å²) in [5.41, 5.74) is 6.75. The molecule has 0 amide bonds. The Morgan fingerprint density at radius 2 is 1.65 bits per heavy atom. The Labute approximate surface area is 121 Å². The highest BCUT2D eigenvalue weighted by Gasteiger charge is 2.19. The molecule has 0 saturated carbocycles. The van der Waals surface area contributed by atoms with Gasteiger partial charge in [-0.15, -0.1) is 0 Å². The number of carbonyl (C=O) groups excluding carboxylic acids is 1. The number of Topliss-reactive ketones (excluding diaryl/α,β-unsaturated/α-hetero) is 1. The van der Waals surface area contributed by atoms with E-state index in [2.05, 4.69) is 20.8 Å². The van der Waals surface area contributed by atoms with Crippen LogP contribution in [0.4, 0.5) is 0 Å². The minimum Gasteiger partial charge on any atom is -0.497 e. The molecule has 112 valence electrons. The summed E-state index contributed by atoms with van der Waals surface area (Å²) < 4.78 is 10.3. The Kier molecular flexibility index (Phi) is 5.57. The van der Waals surface area contributed by atoms with Crippen molar-refractivity contribution < 1.29 is 14.3 Å². The number of methoxy groups -OCH3 is 2. The Morgan fingerprint density at radius 3 is 2.05 bits per heavy atom. The summed E-state index contributed by atoms with van der Waals surface area (Å²) in [6.45, 7) is 6.35. The summed E-state index contributed by atoms with van der Waals surface area (Å²) >= 11 is 0. The monoisotopic (exact) mass is 279 g/mol. The van der Waals surface area contributed by atoms with Gasteiger partial charge >= 0.3 is 0 Å². The summed E-state index contributed by atoms with van der Waals surface area (Å²) in [5, 5.41) is 0. The molecule has 0 saturated heterocycles. The van der Waals surface area contributed by atoms with Gasteiger partial charge in [-0.2, -0.15) is 0 Å². The SMILES string of the molecule is COc1cc(OC)cc(C(=O)CC(N)CC(C)(C)C)c1. The predicted octanol–water partition coefficient (Wildman–Crippen LogP) is 3.04. The van der Waals surface area contributed by atoms with E-state index >= 15 is 0 Å². The summed E-state index contributed by atoms with van der Waals surface area (Å²) in [6, 6.07) is 5.04. The smallest absolute Gasteiger partial charge is 0.164 e. The third kappa shape index (κ3) is 5.21. The van der Waals surface area contributed by atoms with E-state index in [4.69, 9.17) is 15.2 Å². The number of rotatable bonds is 6. The fraction of sp³-hybridized carbons (Fsp3) is 0.562. The molecule has 0 radical (unpaired) electrons. The van der Waals surface area contributed by atoms with E-state index in [0.717, 1.165) is 6.42 Å². The number of ether oxygens (including phenoxy) is 2. The molecule has 1 unspecified atom stereocenters. The molecule has 4 heteroatoms. The number of benzene rings is 1. The van der Waals surface area contributed by atoms with Crippen molar-refractivity contribution in [3.8, 4) is 11.5 Å². The second-order valence-electron chi connectivity index (χ2n) is 6.25. The molecule has 0 heterocycles. The fourth-order valence-corrected chi connectivity index (χ4v) is 2.18. The van der Waals surface area contributed by atoms with Gasteiger partial charge in [-0.3, -0.25) is 4.79 Å². The van der Waals surface area contributed by atoms with E-state index in [1.54, 1.807) is 32.4 Å². The standard InChI is InChI=1S/C16H25NO3/c1-16(2,3)10-12(17)8-15(18)11-6-13(19-4)9-14(7-11)20-5/h6-7,9,12H,8,10,17H2,1-5H3. The first-order chi connectivity index (χ1) is 9.25. The maximum Gasteiger partial charge on any atom is 0.164 e. The van der Waals surface area contributed by atoms with Crippen molar-refractivity contribution in [1.29, 1.82) is 0 Å². The molecular formula is C16H25NO3. The number of ketones is 1. The van der Waals surface area contributed by atoms with E-state index in [1.165, 1.54) is 0 Å². The van der Waals surface area contributed by atoms with Crippen molar-refractivity contribution in [2.45, 2.75) is 39.7 Å². The van der Waals surface area contributed by atoms with Crippen LogP contribution in [0.5, 0.6) is 11.5 Å². The van der Waals surface area contributed by atoms with Crippen LogP contribution in [-0.2, 0) is 0 Å². The molecule has 1 atom stereocenters. The van der Waals surface area contributed by atoms with Crippen molar-refractivity contribution in [3.63, 3.8) is 0 Å². The maximum absolute atomic E-state index is 12.3. The van der Waals surface area contributed by atoms with Gasteiger partial charge in [-0.05, 0) is 24.0 Å². The van der Waals surface area contributed by atoms with Gasteiger partial charge < -0.3 is 15.2 Å². The van der Waals surface area contributed by atoms with E-state index < -0.39 is 0 Å². The number of nitrogens with two attached hydrogens (primary N) is 1. The van der Waals surface area contributed by atoms with Crippen LogP contribution in [-0.4, -0.2) is 26.0 Å². The zero-order valence-corrected chi connectivity index (χ0v) is 13.0. The second kappa shape index (κ2) is 6.75. The predicted molar refractivity (Wildman–Crippen MR) is 80.5 cm³/mol. The van der Waals surface area contributed by atoms with Gasteiger partial charge in [0.2, 0.25) is 0 Å². The molecule has 2 N–H and O–H groups in total. The highest BCUT2D eigenvalue weighted by atomic mass is 16.5. The van der Waals surface area contributed by atoms with Gasteiger partial charge in [-0.25, -0.2) is 0 Å². The van der Waals surface area contributed by atoms with E-state index in [0.29, 0.717) is 23.5 Å². The molecule has 1 aromatic carbocycles. The van der Waals surface area contributed by atoms with Crippen molar-refractivity contribution in [2.75, 3.05) is 14.2 Å². The van der Waals surface area contributed by atoms with Crippen LogP contribution in [0.3, 0.4) is 0 Å². The first kappa shape index (κ1) is 16.5. The van der Waals surface area contributed by atoms with Crippen LogP contribution in [0, 0.1) is 5.41 Å². The lowest BCUT2D eigenvalue weighted by Gasteiger charge is -2.22. The minimum absolute atomic E-state index is 0.0129. The van der Waals surface area contributed by atoms with Gasteiger partial charge in [-0.1, -0.05) is 20.8 Å². The molecule has 0 aliphatic carbocycles. The highest BCUT2D eigenvalue weighted by Crippen LogP contribution is 2.25. The Hall–Kier alpha value is -1.55. The number of hydrogen-bond acceptors (Lipinski definition) is 4. The second-order valence-corrected chi connectivity index (χ2v) is 6.25. The fourth-order valence-electron chi connectivity index (χ4n) is 2.18. The van der Waals surface area contributed by atoms with Gasteiger partial charge in [0.05, 0.1) is 14.2 Å². The largest absolute Gasteiger partial charge is 0.497 e. The summed E-state index contributed by atoms with van der Waals surface area (Å²) in [6.07, 6.45) is 1.13. The topological polar surface area (TPSA) is 61.5 Å².